The van der Waals surface area contributed by atoms with Crippen LogP contribution in [0, 0.1) is 0 Å². The van der Waals surface area contributed by atoms with Crippen LogP contribution in [0.4, 0.5) is 0 Å². The number of methoxy groups -OCH3 is 1. The van der Waals surface area contributed by atoms with Crippen LogP contribution in [-0.4, -0.2) is 80.2 Å². The fourth-order valence-corrected chi connectivity index (χ4v) is 3.73. The Kier molecular flexibility index (Phi) is 12.1. The average molecular weight is 530 g/mol. The summed E-state index contributed by atoms with van der Waals surface area (Å²) < 4.78 is 32.9. The summed E-state index contributed by atoms with van der Waals surface area (Å²) in [5.74, 6) is -3.01. The number of esters is 3. The van der Waals surface area contributed by atoms with Crippen molar-refractivity contribution in [2.75, 3.05) is 19.6 Å². The van der Waals surface area contributed by atoms with E-state index in [0.29, 0.717) is 0 Å². The van der Waals surface area contributed by atoms with Crippen molar-refractivity contribution in [2.45, 2.75) is 70.5 Å². The second-order valence-corrected chi connectivity index (χ2v) is 8.32. The molecule has 1 fully saturated rings. The minimum atomic E-state index is -1.24. The van der Waals surface area contributed by atoms with E-state index < -0.39 is 66.4 Å². The van der Waals surface area contributed by atoms with Crippen molar-refractivity contribution in [3.05, 3.63) is 35.9 Å². The molecule has 0 radical (unpaired) electrons. The van der Waals surface area contributed by atoms with Crippen LogP contribution >= 0.6 is 11.6 Å². The molecule has 2 rings (SSSR count). The first kappa shape index (κ1) is 29.5. The molecular weight excluding hydrogens is 498 g/mol. The van der Waals surface area contributed by atoms with E-state index in [1.54, 1.807) is 6.92 Å². The molecule has 12 heteroatoms. The topological polar surface area (TPSA) is 136 Å². The third-order valence-electron chi connectivity index (χ3n) is 5.29. The van der Waals surface area contributed by atoms with Crippen LogP contribution < -0.4 is 5.32 Å². The molecule has 1 saturated heterocycles. The quantitative estimate of drug-likeness (QED) is 0.241. The van der Waals surface area contributed by atoms with Gasteiger partial charge in [0.05, 0.1) is 25.4 Å². The van der Waals surface area contributed by atoms with Crippen molar-refractivity contribution in [1.82, 2.24) is 5.32 Å². The molecule has 0 bridgehead atoms. The Morgan fingerprint density at radius 3 is 2.36 bits per heavy atom. The number of halogens is 1. The predicted molar refractivity (Wildman–Crippen MR) is 126 cm³/mol. The van der Waals surface area contributed by atoms with Gasteiger partial charge in [-0.15, -0.1) is 11.6 Å². The third-order valence-corrected chi connectivity index (χ3v) is 5.51. The summed E-state index contributed by atoms with van der Waals surface area (Å²) in [6.07, 6.45) is -4.94. The summed E-state index contributed by atoms with van der Waals surface area (Å²) in [5.41, 5.74) is 0.845. The SMILES string of the molecule is CO[C@H]1O[C@H](C)[C@@H](NC(=O)[C@@H](CCOC(C)=O)OC(C)=O)[C@H](OCc2ccccc2)[C@@H]1OC(=O)CCl. The van der Waals surface area contributed by atoms with Crippen LogP contribution in [0.2, 0.25) is 0 Å². The Bertz CT molecular complexity index is 883. The van der Waals surface area contributed by atoms with Gasteiger partial charge in [0.25, 0.3) is 5.91 Å². The van der Waals surface area contributed by atoms with Gasteiger partial charge in [0.15, 0.2) is 18.5 Å². The molecular formula is C24H32ClNO10. The molecule has 1 aromatic rings. The molecule has 1 aliphatic heterocycles. The number of ether oxygens (including phenoxy) is 6. The summed E-state index contributed by atoms with van der Waals surface area (Å²) >= 11 is 5.64. The first-order chi connectivity index (χ1) is 17.2. The lowest BCUT2D eigenvalue weighted by molar-refractivity contribution is -0.277. The van der Waals surface area contributed by atoms with Crippen molar-refractivity contribution in [2.24, 2.45) is 0 Å². The van der Waals surface area contributed by atoms with E-state index >= 15 is 0 Å². The summed E-state index contributed by atoms with van der Waals surface area (Å²) in [4.78, 5) is 47.9. The predicted octanol–water partition coefficient (Wildman–Crippen LogP) is 1.48. The molecule has 200 valence electrons. The Morgan fingerprint density at radius 1 is 1.08 bits per heavy atom. The number of alkyl halides is 1. The fraction of sp³-hybridized carbons (Fsp3) is 0.583. The largest absolute Gasteiger partial charge is 0.466 e. The molecule has 1 amide bonds. The molecule has 0 aliphatic carbocycles. The molecule has 1 N–H and O–H groups in total. The van der Waals surface area contributed by atoms with Crippen LogP contribution in [0.3, 0.4) is 0 Å². The average Bonchev–Trinajstić information content (AvgIpc) is 2.84. The van der Waals surface area contributed by atoms with E-state index in [1.807, 2.05) is 30.3 Å². The first-order valence-electron chi connectivity index (χ1n) is 11.4. The number of rotatable bonds is 12. The van der Waals surface area contributed by atoms with Gasteiger partial charge >= 0.3 is 17.9 Å². The standard InChI is InChI=1S/C24H32ClNO10/c1-14-20(26-23(30)18(35-16(3)28)10-11-32-15(2)27)21(33-13-17-8-6-5-7-9-17)22(24(31-4)34-14)36-19(29)12-25/h5-9,14,18,20-22,24H,10-13H2,1-4H3,(H,26,30)/t14-,18-,20-,21+,22+,24+/m1/s1. The van der Waals surface area contributed by atoms with Crippen LogP contribution in [0.5, 0.6) is 0 Å². The van der Waals surface area contributed by atoms with Gasteiger partial charge in [0.1, 0.15) is 12.0 Å². The van der Waals surface area contributed by atoms with Gasteiger partial charge in [-0.3, -0.25) is 19.2 Å². The van der Waals surface area contributed by atoms with Gasteiger partial charge in [0, 0.05) is 27.4 Å². The van der Waals surface area contributed by atoms with Crippen LogP contribution in [-0.2, 0) is 54.2 Å². The Morgan fingerprint density at radius 2 is 1.78 bits per heavy atom. The van der Waals surface area contributed by atoms with Crippen molar-refractivity contribution >= 4 is 35.4 Å². The normalized spacial score (nSPS) is 24.3. The second kappa shape index (κ2) is 14.7. The van der Waals surface area contributed by atoms with E-state index in [9.17, 15) is 19.2 Å². The fourth-order valence-electron chi connectivity index (χ4n) is 3.67. The molecule has 36 heavy (non-hydrogen) atoms. The smallest absolute Gasteiger partial charge is 0.321 e. The van der Waals surface area contributed by atoms with Crippen molar-refractivity contribution < 1.29 is 47.6 Å². The molecule has 6 atom stereocenters. The highest BCUT2D eigenvalue weighted by Crippen LogP contribution is 2.28. The lowest BCUT2D eigenvalue weighted by Gasteiger charge is -2.44. The first-order valence-corrected chi connectivity index (χ1v) is 11.9. The molecule has 11 nitrogen and oxygen atoms in total. The zero-order valence-electron chi connectivity index (χ0n) is 20.6. The number of nitrogens with one attached hydrogen (secondary N) is 1. The van der Waals surface area contributed by atoms with Crippen molar-refractivity contribution in [3.63, 3.8) is 0 Å². The molecule has 0 spiro atoms. The molecule has 1 aliphatic rings. The highest BCUT2D eigenvalue weighted by molar-refractivity contribution is 6.26. The maximum absolute atomic E-state index is 13.1. The lowest BCUT2D eigenvalue weighted by atomic mass is 9.95. The molecule has 0 saturated carbocycles. The Balaban J connectivity index is 2.28. The second-order valence-electron chi connectivity index (χ2n) is 8.06. The summed E-state index contributed by atoms with van der Waals surface area (Å²) in [7, 11) is 1.39. The van der Waals surface area contributed by atoms with Crippen molar-refractivity contribution in [3.8, 4) is 0 Å². The van der Waals surface area contributed by atoms with Gasteiger partial charge < -0.3 is 33.7 Å². The maximum Gasteiger partial charge on any atom is 0.321 e. The summed E-state index contributed by atoms with van der Waals surface area (Å²) in [5, 5.41) is 2.78. The molecule has 0 unspecified atom stereocenters. The van der Waals surface area contributed by atoms with E-state index in [4.69, 9.17) is 40.0 Å². The van der Waals surface area contributed by atoms with Gasteiger partial charge in [-0.05, 0) is 12.5 Å². The van der Waals surface area contributed by atoms with E-state index in [-0.39, 0.29) is 19.6 Å². The number of hydrogen-bond acceptors (Lipinski definition) is 10. The minimum absolute atomic E-state index is 0.0617. The zero-order chi connectivity index (χ0) is 26.7. The van der Waals surface area contributed by atoms with E-state index in [1.165, 1.54) is 14.0 Å². The van der Waals surface area contributed by atoms with Crippen LogP contribution in [0.15, 0.2) is 30.3 Å². The minimum Gasteiger partial charge on any atom is -0.466 e. The highest BCUT2D eigenvalue weighted by atomic mass is 35.5. The summed E-state index contributed by atoms with van der Waals surface area (Å²) in [6.45, 7) is 4.08. The number of amides is 1. The Labute approximate surface area is 214 Å². The van der Waals surface area contributed by atoms with E-state index in [2.05, 4.69) is 5.32 Å². The Hall–Kier alpha value is -2.73. The molecule has 1 aromatic carbocycles. The maximum atomic E-state index is 13.1. The number of hydrogen-bond donors (Lipinski definition) is 1. The monoisotopic (exact) mass is 529 g/mol. The van der Waals surface area contributed by atoms with Crippen LogP contribution in [0.1, 0.15) is 32.8 Å². The van der Waals surface area contributed by atoms with E-state index in [0.717, 1.165) is 12.5 Å². The molecule has 0 aromatic heterocycles. The van der Waals surface area contributed by atoms with Gasteiger partial charge in [-0.2, -0.15) is 0 Å². The van der Waals surface area contributed by atoms with Gasteiger partial charge in [-0.1, -0.05) is 30.3 Å². The zero-order valence-corrected chi connectivity index (χ0v) is 21.4. The number of carbonyl (C=O) groups excluding carboxylic acids is 4. The lowest BCUT2D eigenvalue weighted by Crippen LogP contribution is -2.65. The number of benzene rings is 1. The molecule has 1 heterocycles. The van der Waals surface area contributed by atoms with Gasteiger partial charge in [0.2, 0.25) is 0 Å². The van der Waals surface area contributed by atoms with Crippen molar-refractivity contribution in [1.29, 1.82) is 0 Å². The van der Waals surface area contributed by atoms with Gasteiger partial charge in [-0.25, -0.2) is 0 Å². The highest BCUT2D eigenvalue weighted by Gasteiger charge is 2.48. The third kappa shape index (κ3) is 9.05. The summed E-state index contributed by atoms with van der Waals surface area (Å²) in [6, 6.07) is 8.43. The number of carbonyl (C=O) groups is 4. The van der Waals surface area contributed by atoms with Crippen LogP contribution in [0.25, 0.3) is 0 Å².